The van der Waals surface area contributed by atoms with Gasteiger partial charge in [0.05, 0.1) is 5.69 Å². The largest absolute Gasteiger partial charge is 0.344 e. The smallest absolute Gasteiger partial charge is 0.0552 e. The van der Waals surface area contributed by atoms with Gasteiger partial charge in [-0.3, -0.25) is 0 Å². The predicted molar refractivity (Wildman–Crippen MR) is 81.3 cm³/mol. The molecule has 0 amide bonds. The molecule has 0 saturated heterocycles. The van der Waals surface area contributed by atoms with Gasteiger partial charge in [0.15, 0.2) is 0 Å². The van der Waals surface area contributed by atoms with Gasteiger partial charge in [0.2, 0.25) is 0 Å². The topological polar surface area (TPSA) is 29.3 Å². The number of rotatable bonds is 3. The Labute approximate surface area is 117 Å². The maximum Gasteiger partial charge on any atom is 0.0552 e. The third kappa shape index (κ3) is 2.74. The summed E-state index contributed by atoms with van der Waals surface area (Å²) in [6, 6.07) is 14.6. The van der Waals surface area contributed by atoms with Crippen molar-refractivity contribution in [1.82, 2.24) is 0 Å². The van der Waals surface area contributed by atoms with E-state index in [0.717, 1.165) is 21.4 Å². The van der Waals surface area contributed by atoms with Gasteiger partial charge in [-0.1, -0.05) is 18.2 Å². The van der Waals surface area contributed by atoms with Gasteiger partial charge in [-0.05, 0) is 58.2 Å². The molecular weight excluding hydrogens is 288 g/mol. The van der Waals surface area contributed by atoms with Crippen LogP contribution in [-0.4, -0.2) is 7.05 Å². The van der Waals surface area contributed by atoms with E-state index in [9.17, 15) is 0 Å². The van der Waals surface area contributed by atoms with Crippen molar-refractivity contribution in [3.63, 3.8) is 0 Å². The zero-order valence-corrected chi connectivity index (χ0v) is 12.2. The van der Waals surface area contributed by atoms with Crippen molar-refractivity contribution in [3.8, 4) is 0 Å². The molecule has 2 N–H and O–H groups in total. The van der Waals surface area contributed by atoms with Gasteiger partial charge >= 0.3 is 0 Å². The maximum atomic E-state index is 5.68. The van der Waals surface area contributed by atoms with Gasteiger partial charge in [0.1, 0.15) is 0 Å². The van der Waals surface area contributed by atoms with Crippen molar-refractivity contribution in [3.05, 3.63) is 58.1 Å². The van der Waals surface area contributed by atoms with Crippen LogP contribution in [0.2, 0.25) is 0 Å². The SMILES string of the molecule is Cc1ccc(N(C)c2cccc(CN)c2)c(Br)c1. The van der Waals surface area contributed by atoms with E-state index in [0.29, 0.717) is 6.54 Å². The quantitative estimate of drug-likeness (QED) is 0.929. The number of hydrogen-bond acceptors (Lipinski definition) is 2. The molecule has 0 aliphatic carbocycles. The highest BCUT2D eigenvalue weighted by Crippen LogP contribution is 2.31. The van der Waals surface area contributed by atoms with E-state index >= 15 is 0 Å². The monoisotopic (exact) mass is 304 g/mol. The number of hydrogen-bond donors (Lipinski definition) is 1. The molecule has 0 spiro atoms. The molecule has 0 bridgehead atoms. The fourth-order valence-corrected chi connectivity index (χ4v) is 2.67. The van der Waals surface area contributed by atoms with E-state index in [1.165, 1.54) is 5.56 Å². The van der Waals surface area contributed by atoms with Crippen molar-refractivity contribution in [1.29, 1.82) is 0 Å². The first-order chi connectivity index (χ1) is 8.61. The molecule has 18 heavy (non-hydrogen) atoms. The van der Waals surface area contributed by atoms with Crippen LogP contribution in [-0.2, 0) is 6.54 Å². The van der Waals surface area contributed by atoms with E-state index in [1.807, 2.05) is 12.1 Å². The summed E-state index contributed by atoms with van der Waals surface area (Å²) in [7, 11) is 2.06. The van der Waals surface area contributed by atoms with Gasteiger partial charge in [-0.2, -0.15) is 0 Å². The Bertz CT molecular complexity index is 552. The van der Waals surface area contributed by atoms with Crippen LogP contribution in [0, 0.1) is 6.92 Å². The predicted octanol–water partition coefficient (Wildman–Crippen LogP) is 3.98. The summed E-state index contributed by atoms with van der Waals surface area (Å²) < 4.78 is 1.10. The minimum Gasteiger partial charge on any atom is -0.344 e. The van der Waals surface area contributed by atoms with Crippen LogP contribution in [0.4, 0.5) is 11.4 Å². The Morgan fingerprint density at radius 3 is 2.61 bits per heavy atom. The number of nitrogens with two attached hydrogens (primary N) is 1. The molecule has 2 aromatic carbocycles. The fourth-order valence-electron chi connectivity index (χ4n) is 1.92. The third-order valence-corrected chi connectivity index (χ3v) is 3.63. The molecule has 94 valence electrons. The van der Waals surface area contributed by atoms with Gasteiger partial charge in [0.25, 0.3) is 0 Å². The van der Waals surface area contributed by atoms with Gasteiger partial charge in [-0.15, -0.1) is 0 Å². The van der Waals surface area contributed by atoms with Crippen molar-refractivity contribution < 1.29 is 0 Å². The molecule has 0 fully saturated rings. The molecule has 2 nitrogen and oxygen atoms in total. The third-order valence-electron chi connectivity index (χ3n) is 3.00. The van der Waals surface area contributed by atoms with Crippen LogP contribution in [0.5, 0.6) is 0 Å². The lowest BCUT2D eigenvalue weighted by Crippen LogP contribution is -2.10. The zero-order chi connectivity index (χ0) is 13.1. The number of benzene rings is 2. The Balaban J connectivity index is 2.37. The summed E-state index contributed by atoms with van der Waals surface area (Å²) in [6.45, 7) is 2.65. The molecule has 0 unspecified atom stereocenters. The Kier molecular flexibility index (Phi) is 4.04. The molecule has 0 atom stereocenters. The van der Waals surface area contributed by atoms with Crippen LogP contribution in [0.15, 0.2) is 46.9 Å². The molecule has 0 aromatic heterocycles. The van der Waals surface area contributed by atoms with Gasteiger partial charge in [-0.25, -0.2) is 0 Å². The van der Waals surface area contributed by atoms with Gasteiger partial charge < -0.3 is 10.6 Å². The lowest BCUT2D eigenvalue weighted by molar-refractivity contribution is 1.06. The minimum atomic E-state index is 0.566. The molecule has 0 aliphatic rings. The van der Waals surface area contributed by atoms with E-state index < -0.39 is 0 Å². The normalized spacial score (nSPS) is 10.4. The second kappa shape index (κ2) is 5.55. The molecule has 0 radical (unpaired) electrons. The van der Waals surface area contributed by atoms with E-state index in [1.54, 1.807) is 0 Å². The van der Waals surface area contributed by atoms with Crippen LogP contribution in [0.3, 0.4) is 0 Å². The minimum absolute atomic E-state index is 0.566. The standard InChI is InChI=1S/C15H17BrN2/c1-11-6-7-15(14(16)8-11)18(2)13-5-3-4-12(9-13)10-17/h3-9H,10,17H2,1-2H3. The Hall–Kier alpha value is -1.32. The first-order valence-electron chi connectivity index (χ1n) is 5.90. The molecular formula is C15H17BrN2. The number of aryl methyl sites for hydroxylation is 1. The average Bonchev–Trinajstić information content (AvgIpc) is 2.38. The summed E-state index contributed by atoms with van der Waals surface area (Å²) in [5.41, 5.74) is 10.4. The highest BCUT2D eigenvalue weighted by atomic mass is 79.9. The molecule has 0 saturated carbocycles. The molecule has 3 heteroatoms. The molecule has 0 heterocycles. The fraction of sp³-hybridized carbons (Fsp3) is 0.200. The summed E-state index contributed by atoms with van der Waals surface area (Å²) >= 11 is 3.61. The van der Waals surface area contributed by atoms with Crippen LogP contribution < -0.4 is 10.6 Å². The van der Waals surface area contributed by atoms with E-state index in [4.69, 9.17) is 5.73 Å². The first-order valence-corrected chi connectivity index (χ1v) is 6.70. The van der Waals surface area contributed by atoms with E-state index in [2.05, 4.69) is 65.1 Å². The molecule has 0 aliphatic heterocycles. The summed E-state index contributed by atoms with van der Waals surface area (Å²) in [5.74, 6) is 0. The van der Waals surface area contributed by atoms with Crippen LogP contribution >= 0.6 is 15.9 Å². The summed E-state index contributed by atoms with van der Waals surface area (Å²) in [5, 5.41) is 0. The summed E-state index contributed by atoms with van der Waals surface area (Å²) in [4.78, 5) is 2.16. The first kappa shape index (κ1) is 13.1. The number of nitrogens with zero attached hydrogens (tertiary/aromatic N) is 1. The lowest BCUT2D eigenvalue weighted by atomic mass is 10.1. The number of anilines is 2. The van der Waals surface area contributed by atoms with Crippen molar-refractivity contribution in [2.75, 3.05) is 11.9 Å². The average molecular weight is 305 g/mol. The summed E-state index contributed by atoms with van der Waals surface area (Å²) in [6.07, 6.45) is 0. The zero-order valence-electron chi connectivity index (χ0n) is 10.7. The Morgan fingerprint density at radius 1 is 1.17 bits per heavy atom. The van der Waals surface area contributed by atoms with E-state index in [-0.39, 0.29) is 0 Å². The molecule has 2 aromatic rings. The van der Waals surface area contributed by atoms with Crippen LogP contribution in [0.1, 0.15) is 11.1 Å². The Morgan fingerprint density at radius 2 is 1.94 bits per heavy atom. The second-order valence-electron chi connectivity index (χ2n) is 4.39. The van der Waals surface area contributed by atoms with Crippen molar-refractivity contribution >= 4 is 27.3 Å². The van der Waals surface area contributed by atoms with Crippen molar-refractivity contribution in [2.45, 2.75) is 13.5 Å². The maximum absolute atomic E-state index is 5.68. The lowest BCUT2D eigenvalue weighted by Gasteiger charge is -2.21. The molecule has 2 rings (SSSR count). The van der Waals surface area contributed by atoms with Crippen LogP contribution in [0.25, 0.3) is 0 Å². The van der Waals surface area contributed by atoms with Gasteiger partial charge in [0, 0.05) is 23.8 Å². The highest BCUT2D eigenvalue weighted by molar-refractivity contribution is 9.10. The number of halogens is 1. The van der Waals surface area contributed by atoms with Crippen molar-refractivity contribution in [2.24, 2.45) is 5.73 Å². The second-order valence-corrected chi connectivity index (χ2v) is 5.24. The highest BCUT2D eigenvalue weighted by Gasteiger charge is 2.08.